The van der Waals surface area contributed by atoms with Gasteiger partial charge in [-0.25, -0.2) is 32.0 Å². The lowest BCUT2D eigenvalue weighted by atomic mass is 9.95. The summed E-state index contributed by atoms with van der Waals surface area (Å²) in [6.07, 6.45) is 25.2. The zero-order chi connectivity index (χ0) is 86.9. The summed E-state index contributed by atoms with van der Waals surface area (Å²) in [5.41, 5.74) is 37.8. The first-order valence-corrected chi connectivity index (χ1v) is 45.3. The van der Waals surface area contributed by atoms with Crippen LogP contribution in [-0.2, 0) is 52.1 Å². The predicted molar refractivity (Wildman–Crippen MR) is 518 cm³/mol. The van der Waals surface area contributed by atoms with E-state index in [0.717, 1.165) is 112 Å². The Morgan fingerprint density at radius 1 is 0.408 bits per heavy atom. The first kappa shape index (κ1) is 85.7. The number of hydrogen-bond donors (Lipinski definition) is 0. The molecule has 0 saturated carbocycles. The van der Waals surface area contributed by atoms with E-state index >= 15 is 0 Å². The summed E-state index contributed by atoms with van der Waals surface area (Å²) < 4.78 is 26.9. The Hall–Kier alpha value is -12.9. The molecule has 0 aliphatic heterocycles. The third-order valence-corrected chi connectivity index (χ3v) is 25.2. The van der Waals surface area contributed by atoms with Gasteiger partial charge in [0.15, 0.2) is 38.8 Å². The highest BCUT2D eigenvalue weighted by atomic mass is 79.9. The van der Waals surface area contributed by atoms with Gasteiger partial charge in [0.25, 0.3) is 6.33 Å². The van der Waals surface area contributed by atoms with Gasteiger partial charge in [0.05, 0.1) is 0 Å². The molecule has 0 amide bonds. The number of nitrogens with zero attached hydrogens (tertiary/aromatic N) is 10. The summed E-state index contributed by atoms with van der Waals surface area (Å²) in [5.74, 6) is 9.74. The topological polar surface area (TPSA) is 43.0 Å². The number of halogens is 3. The number of benzene rings is 12. The van der Waals surface area contributed by atoms with E-state index < -0.39 is 0 Å². The molecular weight excluding hydrogens is 1730 g/mol. The SMILES string of the molecule is C#Cc1ccc2c(c1)n(Cc1ccccc1)c[n+]2Cc1ccccc1.C(#Cc1ccc2c(c1)n(Cc1ccccc1)c[n+]2Cc1ccccc1)c1ccc2c(c1)n(Cc1ccccc1)c[n+]2Cc1ccccc1.C=C1C=C(Br)C=C(C)[C-]1[n+]1c[n+](-c2c(C)cc(Br)cc2C)[c-](C)c1CCCCc1c(C)n(-c2c(C)cc(C)cc2C)c[n+]1-c1c(C)cc(Br)cc1C. The molecule has 1 aliphatic rings. The molecule has 1 aliphatic carbocycles. The molecule has 0 saturated heterocycles. The van der Waals surface area contributed by atoms with Crippen LogP contribution < -0.4 is 27.4 Å². The van der Waals surface area contributed by atoms with Gasteiger partial charge in [-0.3, -0.25) is 4.57 Å². The van der Waals surface area contributed by atoms with Crippen LogP contribution in [0, 0.1) is 92.5 Å². The maximum absolute atomic E-state index is 5.61. The minimum absolute atomic E-state index is 0.800. The average molecular weight is 1830 g/mol. The number of imidazole rings is 5. The smallest absolute Gasteiger partial charge is 0.269 e. The fourth-order valence-electron chi connectivity index (χ4n) is 18.2. The van der Waals surface area contributed by atoms with Gasteiger partial charge in [-0.05, 0) is 206 Å². The molecule has 0 fully saturated rings. The maximum atomic E-state index is 5.61. The summed E-state index contributed by atoms with van der Waals surface area (Å²) in [7, 11) is 0. The van der Waals surface area contributed by atoms with Crippen LogP contribution in [0.25, 0.3) is 50.2 Å². The highest BCUT2D eigenvalue weighted by Crippen LogP contribution is 2.33. The number of allylic oxidation sites excluding steroid dienone is 5. The largest absolute Gasteiger partial charge is 0.304 e. The number of hydrogen-bond acceptors (Lipinski definition) is 0. The Balaban J connectivity index is 0.000000146. The van der Waals surface area contributed by atoms with Gasteiger partial charge in [0, 0.05) is 63.6 Å². The van der Waals surface area contributed by atoms with Crippen molar-refractivity contribution in [2.45, 2.75) is 134 Å². The number of terminal acetylenes is 1. The normalized spacial score (nSPS) is 11.9. The van der Waals surface area contributed by atoms with Crippen LogP contribution in [0.3, 0.4) is 0 Å². The number of rotatable bonds is 21. The molecule has 18 rings (SSSR count). The van der Waals surface area contributed by atoms with Crippen LogP contribution in [0.2, 0.25) is 0 Å². The van der Waals surface area contributed by atoms with Crippen molar-refractivity contribution in [2.75, 3.05) is 0 Å². The van der Waals surface area contributed by atoms with Crippen molar-refractivity contribution in [3.05, 3.63) is 466 Å². The molecule has 0 N–H and O–H groups in total. The minimum atomic E-state index is 0.800. The lowest BCUT2D eigenvalue weighted by molar-refractivity contribution is -0.732. The second-order valence-electron chi connectivity index (χ2n) is 33.3. The van der Waals surface area contributed by atoms with Gasteiger partial charge in [0.2, 0.25) is 19.0 Å². The van der Waals surface area contributed by atoms with E-state index in [4.69, 9.17) is 6.42 Å². The molecule has 5 aromatic heterocycles. The molecule has 0 radical (unpaired) electrons. The lowest BCUT2D eigenvalue weighted by Crippen LogP contribution is -2.46. The number of unbranched alkanes of at least 4 members (excludes halogenated alkanes) is 1. The second-order valence-corrected chi connectivity index (χ2v) is 36.0. The van der Waals surface area contributed by atoms with Crippen molar-refractivity contribution in [2.24, 2.45) is 0 Å². The van der Waals surface area contributed by atoms with Crippen molar-refractivity contribution in [1.29, 1.82) is 0 Å². The third kappa shape index (κ3) is 19.6. The first-order valence-electron chi connectivity index (χ1n) is 42.9. The minimum Gasteiger partial charge on any atom is -0.269 e. The summed E-state index contributed by atoms with van der Waals surface area (Å²) in [6, 6.07) is 97.6. The highest BCUT2D eigenvalue weighted by molar-refractivity contribution is 9.12. The van der Waals surface area contributed by atoms with Crippen molar-refractivity contribution in [1.82, 2.24) is 18.3 Å². The number of fused-ring (bicyclic) bond motifs is 3. The average Bonchev–Trinajstić information content (AvgIpc) is 1.62. The standard InChI is InChI=1S/C45H50Br3N4.C44H36N4.C23H19N2/c1-26-16-27(2)42(28(3)17-26)49-24-51(44-31(6)20-38(47)21-32(44)7)40(35(49)10)14-12-13-15-41-36(11)50(43-29(4)18-37(46)19-30(43)5)25-52(41)45-33(8)22-39(48)23-34(45)9;1-5-13-37(14-6-1)29-45-33-47(31-39-17-9-3-10-18-39)43-27-35(23-25-41(43)45)21-22-36-24-26-42-44(28-36)48(32-40-19-11-4-12-20-40)34-46(42)30-38-15-7-2-8-16-38;1-2-19-13-14-22-23(15-19)25(17-21-11-7-4-8-12-21)18-24(22)16-20-9-5-3-6-10-20/h16-25H,8,12-15H2,1-7,9-11H3;1-20,23-28,33-34H,29-32H2;1,3-15,18H,16-17H2/q+1;+2;+1. The Morgan fingerprint density at radius 2 is 0.784 bits per heavy atom. The molecule has 125 heavy (non-hydrogen) atoms. The Kier molecular flexibility index (Phi) is 26.4. The predicted octanol–water partition coefficient (Wildman–Crippen LogP) is 22.8. The van der Waals surface area contributed by atoms with Gasteiger partial charge >= 0.3 is 6.33 Å². The molecule has 0 atom stereocenters. The zero-order valence-electron chi connectivity index (χ0n) is 73.0. The number of aromatic nitrogens is 10. The Morgan fingerprint density at radius 3 is 1.18 bits per heavy atom. The van der Waals surface area contributed by atoms with E-state index in [9.17, 15) is 0 Å². The van der Waals surface area contributed by atoms with Crippen molar-refractivity contribution < 1.29 is 27.4 Å². The molecule has 13 heteroatoms. The van der Waals surface area contributed by atoms with Gasteiger partial charge < -0.3 is 0 Å². The summed E-state index contributed by atoms with van der Waals surface area (Å²) in [6.45, 7) is 31.6. The van der Waals surface area contributed by atoms with Crippen LogP contribution >= 0.6 is 47.8 Å². The molecule has 620 valence electrons. The number of aryl methyl sites for hydroxylation is 7. The van der Waals surface area contributed by atoms with Gasteiger partial charge in [0.1, 0.15) is 79.5 Å². The molecule has 17 aromatic rings. The molecule has 0 spiro atoms. The summed E-state index contributed by atoms with van der Waals surface area (Å²) >= 11 is 11.1. The molecule has 0 bridgehead atoms. The van der Waals surface area contributed by atoms with Crippen LogP contribution in [0.15, 0.2) is 348 Å². The van der Waals surface area contributed by atoms with Gasteiger partial charge in [-0.2, -0.15) is 9.13 Å². The molecule has 12 aromatic carbocycles. The molecule has 5 heterocycles. The molecular formula is C112H105Br3N10+4. The van der Waals surface area contributed by atoms with E-state index in [0.29, 0.717) is 0 Å². The Bertz CT molecular complexity index is 6780. The summed E-state index contributed by atoms with van der Waals surface area (Å²) in [5, 5.41) is 0. The van der Waals surface area contributed by atoms with Crippen molar-refractivity contribution in [3.8, 4) is 41.2 Å². The summed E-state index contributed by atoms with van der Waals surface area (Å²) in [4.78, 5) is 0. The molecule has 0 unspecified atom stereocenters. The molecule has 10 nitrogen and oxygen atoms in total. The van der Waals surface area contributed by atoms with E-state index in [-0.39, 0.29) is 0 Å². The van der Waals surface area contributed by atoms with Crippen LogP contribution in [0.1, 0.15) is 132 Å². The van der Waals surface area contributed by atoms with E-state index in [1.54, 1.807) is 0 Å². The van der Waals surface area contributed by atoms with E-state index in [2.05, 4.69) is 486 Å². The fourth-order valence-corrected chi connectivity index (χ4v) is 20.1. The maximum Gasteiger partial charge on any atom is 0.304 e. The van der Waals surface area contributed by atoms with E-state index in [1.807, 2.05) is 18.2 Å². The highest BCUT2D eigenvalue weighted by Gasteiger charge is 2.33. The fraction of sp³-hybridized carbons (Fsp3) is 0.179. The van der Waals surface area contributed by atoms with Gasteiger partial charge in [-0.15, -0.1) is 13.0 Å². The van der Waals surface area contributed by atoms with Crippen molar-refractivity contribution in [3.63, 3.8) is 0 Å². The van der Waals surface area contributed by atoms with Crippen molar-refractivity contribution >= 4 is 80.9 Å². The first-order chi connectivity index (χ1) is 60.6. The van der Waals surface area contributed by atoms with Gasteiger partial charge in [-0.1, -0.05) is 290 Å². The van der Waals surface area contributed by atoms with Crippen LogP contribution in [-0.4, -0.2) is 18.3 Å². The zero-order valence-corrected chi connectivity index (χ0v) is 77.7. The van der Waals surface area contributed by atoms with Crippen LogP contribution in [0.4, 0.5) is 0 Å². The van der Waals surface area contributed by atoms with Crippen LogP contribution in [0.5, 0.6) is 0 Å². The van der Waals surface area contributed by atoms with E-state index in [1.165, 1.54) is 145 Å². The monoisotopic (exact) mass is 1830 g/mol. The third-order valence-electron chi connectivity index (χ3n) is 23.8. The lowest BCUT2D eigenvalue weighted by Gasteiger charge is -2.22. The quantitative estimate of drug-likeness (QED) is 0.0298. The second kappa shape index (κ2) is 38.5. The Labute approximate surface area is 761 Å².